The number of hydrogen-bond acceptors (Lipinski definition) is 3. The molecule has 0 aromatic heterocycles. The van der Waals surface area contributed by atoms with Crippen molar-refractivity contribution in [2.75, 3.05) is 6.61 Å². The van der Waals surface area contributed by atoms with Gasteiger partial charge >= 0.3 is 5.97 Å². The molecule has 17 heavy (non-hydrogen) atoms. The third-order valence-corrected chi connectivity index (χ3v) is 2.66. The number of esters is 1. The lowest BCUT2D eigenvalue weighted by Gasteiger charge is -2.20. The first-order chi connectivity index (χ1) is 7.96. The number of ether oxygens (including phenoxy) is 1. The van der Waals surface area contributed by atoms with Crippen LogP contribution in [0.3, 0.4) is 0 Å². The highest BCUT2D eigenvalue weighted by molar-refractivity contribution is 6.02. The minimum atomic E-state index is -1.01. The molecular weight excluding hydrogens is 216 g/mol. The van der Waals surface area contributed by atoms with Crippen LogP contribution >= 0.6 is 0 Å². The van der Waals surface area contributed by atoms with E-state index in [0.717, 1.165) is 19.3 Å². The molecule has 0 aromatic carbocycles. The molecule has 0 aliphatic carbocycles. The van der Waals surface area contributed by atoms with Crippen molar-refractivity contribution in [1.29, 1.82) is 0 Å². The second-order valence-corrected chi connectivity index (χ2v) is 4.54. The van der Waals surface area contributed by atoms with Crippen molar-refractivity contribution in [1.82, 2.24) is 0 Å². The van der Waals surface area contributed by atoms with Gasteiger partial charge in [0.1, 0.15) is 11.2 Å². The van der Waals surface area contributed by atoms with Gasteiger partial charge in [-0.25, -0.2) is 0 Å². The molecule has 0 bridgehead atoms. The van der Waals surface area contributed by atoms with Crippen LogP contribution in [0.4, 0.5) is 0 Å². The molecule has 0 atom stereocenters. The number of allylic oxidation sites excluding steroid dienone is 2. The van der Waals surface area contributed by atoms with Crippen LogP contribution in [0.1, 0.15) is 53.4 Å². The van der Waals surface area contributed by atoms with Gasteiger partial charge in [0, 0.05) is 6.42 Å². The minimum absolute atomic E-state index is 0.0409. The standard InChI is InChI=1S/C14H24O3/c1-5-7-8-9-10-11-12(15)14(3,4)13(16)17-6-2/h7-8H,5-6,9-11H2,1-4H3/b8-7+. The van der Waals surface area contributed by atoms with Gasteiger partial charge in [-0.1, -0.05) is 19.1 Å². The van der Waals surface area contributed by atoms with Gasteiger partial charge in [-0.15, -0.1) is 0 Å². The highest BCUT2D eigenvalue weighted by Crippen LogP contribution is 2.22. The van der Waals surface area contributed by atoms with Crippen LogP contribution in [0.5, 0.6) is 0 Å². The van der Waals surface area contributed by atoms with E-state index in [1.165, 1.54) is 0 Å². The minimum Gasteiger partial charge on any atom is -0.465 e. The van der Waals surface area contributed by atoms with Gasteiger partial charge in [-0.05, 0) is 40.0 Å². The van der Waals surface area contributed by atoms with Crippen LogP contribution in [0, 0.1) is 5.41 Å². The van der Waals surface area contributed by atoms with E-state index in [1.54, 1.807) is 20.8 Å². The van der Waals surface area contributed by atoms with E-state index >= 15 is 0 Å². The zero-order valence-corrected chi connectivity index (χ0v) is 11.4. The molecule has 0 amide bonds. The fourth-order valence-corrected chi connectivity index (χ4v) is 1.40. The Labute approximate surface area is 104 Å². The molecule has 0 fully saturated rings. The first-order valence-electron chi connectivity index (χ1n) is 6.32. The Morgan fingerprint density at radius 3 is 2.35 bits per heavy atom. The van der Waals surface area contributed by atoms with E-state index in [9.17, 15) is 9.59 Å². The van der Waals surface area contributed by atoms with Gasteiger partial charge in [-0.3, -0.25) is 9.59 Å². The molecule has 0 saturated carbocycles. The van der Waals surface area contributed by atoms with Gasteiger partial charge in [0.2, 0.25) is 0 Å². The lowest BCUT2D eigenvalue weighted by molar-refractivity contribution is -0.157. The van der Waals surface area contributed by atoms with E-state index in [4.69, 9.17) is 4.74 Å². The van der Waals surface area contributed by atoms with Crippen molar-refractivity contribution in [3.05, 3.63) is 12.2 Å². The molecule has 0 saturated heterocycles. The average Bonchev–Trinajstić information content (AvgIpc) is 2.28. The average molecular weight is 240 g/mol. The predicted molar refractivity (Wildman–Crippen MR) is 68.7 cm³/mol. The van der Waals surface area contributed by atoms with Crippen molar-refractivity contribution >= 4 is 11.8 Å². The quantitative estimate of drug-likeness (QED) is 0.283. The van der Waals surface area contributed by atoms with Crippen molar-refractivity contribution in [3.8, 4) is 0 Å². The summed E-state index contributed by atoms with van der Waals surface area (Å²) in [5, 5.41) is 0. The van der Waals surface area contributed by atoms with Gasteiger partial charge in [0.15, 0.2) is 0 Å². The van der Waals surface area contributed by atoms with Gasteiger partial charge in [0.05, 0.1) is 6.61 Å². The number of Topliss-reactive ketones (excluding diaryl/α,β-unsaturated/α-hetero) is 1. The smallest absolute Gasteiger partial charge is 0.319 e. The second kappa shape index (κ2) is 8.04. The number of carbonyl (C=O) groups is 2. The summed E-state index contributed by atoms with van der Waals surface area (Å²) >= 11 is 0. The summed E-state index contributed by atoms with van der Waals surface area (Å²) in [6, 6.07) is 0. The SMILES string of the molecule is CC/C=C/CCCC(=O)C(C)(C)C(=O)OCC. The number of rotatable bonds is 8. The van der Waals surface area contributed by atoms with Crippen molar-refractivity contribution in [2.24, 2.45) is 5.41 Å². The summed E-state index contributed by atoms with van der Waals surface area (Å²) in [7, 11) is 0. The molecule has 0 aliphatic rings. The first-order valence-corrected chi connectivity index (χ1v) is 6.32. The van der Waals surface area contributed by atoms with Gasteiger partial charge < -0.3 is 4.74 Å². The molecule has 98 valence electrons. The number of hydrogen-bond donors (Lipinski definition) is 0. The Morgan fingerprint density at radius 1 is 1.18 bits per heavy atom. The number of carbonyl (C=O) groups excluding carboxylic acids is 2. The summed E-state index contributed by atoms with van der Waals surface area (Å²) in [5.74, 6) is -0.463. The van der Waals surface area contributed by atoms with E-state index in [0.29, 0.717) is 13.0 Å². The maximum atomic E-state index is 11.9. The molecule has 0 spiro atoms. The maximum Gasteiger partial charge on any atom is 0.319 e. The van der Waals surface area contributed by atoms with E-state index in [1.807, 2.05) is 0 Å². The Balaban J connectivity index is 4.11. The molecule has 0 heterocycles. The number of ketones is 1. The molecule has 3 heteroatoms. The van der Waals surface area contributed by atoms with E-state index < -0.39 is 11.4 Å². The van der Waals surface area contributed by atoms with Crippen LogP contribution in [0.15, 0.2) is 12.2 Å². The monoisotopic (exact) mass is 240 g/mol. The van der Waals surface area contributed by atoms with Crippen LogP contribution in [0.2, 0.25) is 0 Å². The Bertz CT molecular complexity index is 277. The van der Waals surface area contributed by atoms with Crippen LogP contribution < -0.4 is 0 Å². The van der Waals surface area contributed by atoms with Crippen molar-refractivity contribution in [2.45, 2.75) is 53.4 Å². The second-order valence-electron chi connectivity index (χ2n) is 4.54. The predicted octanol–water partition coefficient (Wildman–Crippen LogP) is 3.28. The Morgan fingerprint density at radius 2 is 1.82 bits per heavy atom. The Kier molecular flexibility index (Phi) is 7.51. The molecule has 0 unspecified atom stereocenters. The third kappa shape index (κ3) is 5.66. The maximum absolute atomic E-state index is 11.9. The summed E-state index contributed by atoms with van der Waals surface area (Å²) < 4.78 is 4.90. The van der Waals surface area contributed by atoms with E-state index in [-0.39, 0.29) is 5.78 Å². The largest absolute Gasteiger partial charge is 0.465 e. The highest BCUT2D eigenvalue weighted by atomic mass is 16.5. The summed E-state index contributed by atoms with van der Waals surface area (Å²) in [4.78, 5) is 23.5. The summed E-state index contributed by atoms with van der Waals surface area (Å²) in [6.45, 7) is 7.40. The first kappa shape index (κ1) is 15.9. The molecule has 0 aromatic rings. The van der Waals surface area contributed by atoms with Crippen LogP contribution in [0.25, 0.3) is 0 Å². The topological polar surface area (TPSA) is 43.4 Å². The van der Waals surface area contributed by atoms with Gasteiger partial charge in [0.25, 0.3) is 0 Å². The number of unbranched alkanes of at least 4 members (excludes halogenated alkanes) is 1. The van der Waals surface area contributed by atoms with Gasteiger partial charge in [-0.2, -0.15) is 0 Å². The molecule has 0 aliphatic heterocycles. The molecular formula is C14H24O3. The molecule has 0 radical (unpaired) electrons. The summed E-state index contributed by atoms with van der Waals surface area (Å²) in [6.07, 6.45) is 7.28. The van der Waals surface area contributed by atoms with Crippen molar-refractivity contribution in [3.63, 3.8) is 0 Å². The lowest BCUT2D eigenvalue weighted by Crippen LogP contribution is -2.35. The molecule has 0 N–H and O–H groups in total. The fraction of sp³-hybridized carbons (Fsp3) is 0.714. The fourth-order valence-electron chi connectivity index (χ4n) is 1.40. The zero-order chi connectivity index (χ0) is 13.3. The molecule has 0 rings (SSSR count). The van der Waals surface area contributed by atoms with Crippen molar-refractivity contribution < 1.29 is 14.3 Å². The lowest BCUT2D eigenvalue weighted by atomic mass is 9.85. The zero-order valence-electron chi connectivity index (χ0n) is 11.4. The Hall–Kier alpha value is -1.12. The van der Waals surface area contributed by atoms with Crippen LogP contribution in [-0.4, -0.2) is 18.4 Å². The van der Waals surface area contributed by atoms with E-state index in [2.05, 4.69) is 19.1 Å². The highest BCUT2D eigenvalue weighted by Gasteiger charge is 2.36. The third-order valence-electron chi connectivity index (χ3n) is 2.66. The van der Waals surface area contributed by atoms with Crippen LogP contribution in [-0.2, 0) is 14.3 Å². The molecule has 3 nitrogen and oxygen atoms in total. The normalized spacial score (nSPS) is 11.8. The summed E-state index contributed by atoms with van der Waals surface area (Å²) in [5.41, 5.74) is -1.01.